The van der Waals surface area contributed by atoms with Crippen molar-refractivity contribution >= 4 is 5.78 Å². The van der Waals surface area contributed by atoms with E-state index in [1.54, 1.807) is 0 Å². The van der Waals surface area contributed by atoms with Crippen LogP contribution >= 0.6 is 0 Å². The van der Waals surface area contributed by atoms with Crippen molar-refractivity contribution in [1.29, 1.82) is 0 Å². The summed E-state index contributed by atoms with van der Waals surface area (Å²) in [7, 11) is 0. The van der Waals surface area contributed by atoms with Crippen LogP contribution in [-0.4, -0.2) is 5.78 Å². The molecule has 0 heterocycles. The zero-order valence-corrected chi connectivity index (χ0v) is 4.24. The minimum Gasteiger partial charge on any atom is -0.300 e. The molecule has 0 aliphatic heterocycles. The Hall–Kier alpha value is -0.330. The lowest BCUT2D eigenvalue weighted by atomic mass is 10.00. The van der Waals surface area contributed by atoms with Gasteiger partial charge in [-0.3, -0.25) is 4.79 Å². The van der Waals surface area contributed by atoms with Crippen LogP contribution in [0.25, 0.3) is 0 Å². The maximum Gasteiger partial charge on any atom is 0.132 e. The van der Waals surface area contributed by atoms with Crippen molar-refractivity contribution in [3.63, 3.8) is 0 Å². The molecule has 1 aliphatic carbocycles. The van der Waals surface area contributed by atoms with E-state index in [-0.39, 0.29) is 5.78 Å². The second-order valence-electron chi connectivity index (χ2n) is 1.81. The molecular weight excluding hydrogens is 88.1 g/mol. The Balaban J connectivity index is 2.60. The van der Waals surface area contributed by atoms with Gasteiger partial charge >= 0.3 is 0 Å². The summed E-state index contributed by atoms with van der Waals surface area (Å²) < 4.78 is 14.3. The number of rotatable bonds is 0. The van der Waals surface area contributed by atoms with Crippen molar-refractivity contribution in [2.45, 2.75) is 32.1 Å². The minimum absolute atomic E-state index is 0.214. The Bertz CT molecular complexity index is 131. The van der Waals surface area contributed by atoms with Crippen LogP contribution in [-0.2, 0) is 4.79 Å². The van der Waals surface area contributed by atoms with Gasteiger partial charge in [-0.15, -0.1) is 0 Å². The predicted octanol–water partition coefficient (Wildman–Crippen LogP) is 1.52. The van der Waals surface area contributed by atoms with Gasteiger partial charge < -0.3 is 0 Å². The quantitative estimate of drug-likeness (QED) is 0.451. The van der Waals surface area contributed by atoms with Crippen molar-refractivity contribution in [3.05, 3.63) is 0 Å². The van der Waals surface area contributed by atoms with Crippen molar-refractivity contribution < 1.29 is 7.54 Å². The summed E-state index contributed by atoms with van der Waals surface area (Å²) in [5.41, 5.74) is 0. The Labute approximate surface area is 46.5 Å². The normalized spacial score (nSPS) is 34.0. The number of carbonyl (C=O) groups excluding carboxylic acids is 1. The third-order valence-corrected chi connectivity index (χ3v) is 1.15. The van der Waals surface area contributed by atoms with Crippen LogP contribution in [0.1, 0.15) is 34.8 Å². The largest absolute Gasteiger partial charge is 0.300 e. The maximum atomic E-state index is 10.7. The van der Waals surface area contributed by atoms with Gasteiger partial charge in [-0.1, -0.05) is 6.42 Å². The van der Waals surface area contributed by atoms with Gasteiger partial charge in [0.05, 0.1) is 0 Å². The summed E-state index contributed by atoms with van der Waals surface area (Å²) in [5, 5.41) is 0. The first-order chi connectivity index (χ1) is 4.13. The second-order valence-corrected chi connectivity index (χ2v) is 1.81. The van der Waals surface area contributed by atoms with Crippen LogP contribution in [0, 0.1) is 0 Å². The summed E-state index contributed by atoms with van der Waals surface area (Å²) in [6.45, 7) is 0. The van der Waals surface area contributed by atoms with Gasteiger partial charge in [-0.25, -0.2) is 0 Å². The van der Waals surface area contributed by atoms with Gasteiger partial charge in [0.15, 0.2) is 0 Å². The molecule has 0 aromatic heterocycles. The van der Waals surface area contributed by atoms with Crippen molar-refractivity contribution in [2.75, 3.05) is 0 Å². The van der Waals surface area contributed by atoms with Gasteiger partial charge in [0.2, 0.25) is 0 Å². The molecule has 1 aliphatic rings. The van der Waals surface area contributed by atoms with E-state index in [0.29, 0.717) is 12.8 Å². The molecular formula is C6H10O. The highest BCUT2D eigenvalue weighted by Gasteiger charge is 2.05. The highest BCUT2D eigenvalue weighted by atomic mass is 16.1. The zero-order valence-electron chi connectivity index (χ0n) is 6.24. The summed E-state index contributed by atoms with van der Waals surface area (Å²) in [4.78, 5) is 10.7. The minimum atomic E-state index is -1.50. The van der Waals surface area contributed by atoms with E-state index >= 15 is 0 Å². The zero-order chi connectivity index (χ0) is 6.91. The fourth-order valence-electron chi connectivity index (χ4n) is 0.727. The van der Waals surface area contributed by atoms with Gasteiger partial charge in [-0.05, 0) is 12.8 Å². The Morgan fingerprint density at radius 3 is 2.71 bits per heavy atom. The SMILES string of the molecule is [2H]C1([2H])CCCCC1=O. The van der Waals surface area contributed by atoms with Crippen molar-refractivity contribution in [2.24, 2.45) is 0 Å². The second kappa shape index (κ2) is 2.10. The summed E-state index contributed by atoms with van der Waals surface area (Å²) in [5.74, 6) is -0.214. The molecule has 1 saturated carbocycles. The first-order valence-electron chi connectivity index (χ1n) is 3.66. The molecule has 0 aromatic rings. The smallest absolute Gasteiger partial charge is 0.132 e. The number of Topliss-reactive ketones (excluding diaryl/α,β-unsaturated/α-hetero) is 1. The number of carbonyl (C=O) groups is 1. The Morgan fingerprint density at radius 1 is 1.43 bits per heavy atom. The van der Waals surface area contributed by atoms with Crippen LogP contribution < -0.4 is 0 Å². The molecule has 0 radical (unpaired) electrons. The van der Waals surface area contributed by atoms with E-state index in [4.69, 9.17) is 2.74 Å². The average molecular weight is 100 g/mol. The first kappa shape index (κ1) is 2.85. The van der Waals surface area contributed by atoms with Crippen molar-refractivity contribution in [1.82, 2.24) is 0 Å². The van der Waals surface area contributed by atoms with E-state index in [1.807, 2.05) is 0 Å². The number of ketones is 1. The molecule has 1 fully saturated rings. The molecule has 1 nitrogen and oxygen atoms in total. The Morgan fingerprint density at radius 2 is 2.29 bits per heavy atom. The highest BCUT2D eigenvalue weighted by Crippen LogP contribution is 2.12. The van der Waals surface area contributed by atoms with Crippen LogP contribution in [0.3, 0.4) is 0 Å². The van der Waals surface area contributed by atoms with Crippen LogP contribution in [0.2, 0.25) is 0 Å². The summed E-state index contributed by atoms with van der Waals surface area (Å²) in [6.07, 6.45) is 1.09. The van der Waals surface area contributed by atoms with Gasteiger partial charge in [0.1, 0.15) is 5.78 Å². The molecule has 0 aromatic carbocycles. The molecule has 0 unspecified atom stereocenters. The van der Waals surface area contributed by atoms with Gasteiger partial charge in [-0.2, -0.15) is 0 Å². The average Bonchev–Trinajstić information content (AvgIpc) is 1.77. The molecule has 40 valence electrons. The lowest BCUT2D eigenvalue weighted by Crippen LogP contribution is -2.02. The lowest BCUT2D eigenvalue weighted by Gasteiger charge is -2.05. The molecule has 0 saturated heterocycles. The summed E-state index contributed by atoms with van der Waals surface area (Å²) >= 11 is 0. The number of hydrogen-bond acceptors (Lipinski definition) is 1. The van der Waals surface area contributed by atoms with E-state index in [0.717, 1.165) is 12.8 Å². The fraction of sp³-hybridized carbons (Fsp3) is 0.833. The first-order valence-corrected chi connectivity index (χ1v) is 2.66. The fourth-order valence-corrected chi connectivity index (χ4v) is 0.727. The molecule has 0 atom stereocenters. The summed E-state index contributed by atoms with van der Waals surface area (Å²) in [6, 6.07) is 0. The van der Waals surface area contributed by atoms with Gasteiger partial charge in [0.25, 0.3) is 0 Å². The standard InChI is InChI=1S/C6H10O/c7-6-4-2-1-3-5-6/h1-5H2/i4D2. The van der Waals surface area contributed by atoms with E-state index in [2.05, 4.69) is 0 Å². The molecule has 0 bridgehead atoms. The number of hydrogen-bond donors (Lipinski definition) is 0. The van der Waals surface area contributed by atoms with Crippen LogP contribution in [0.15, 0.2) is 0 Å². The van der Waals surface area contributed by atoms with E-state index < -0.39 is 6.37 Å². The molecule has 0 amide bonds. The van der Waals surface area contributed by atoms with E-state index in [9.17, 15) is 4.79 Å². The molecule has 1 rings (SSSR count). The lowest BCUT2D eigenvalue weighted by molar-refractivity contribution is -0.120. The molecule has 0 spiro atoms. The topological polar surface area (TPSA) is 17.1 Å². The maximum absolute atomic E-state index is 10.7. The van der Waals surface area contributed by atoms with Crippen LogP contribution in [0.5, 0.6) is 0 Å². The third kappa shape index (κ3) is 1.30. The molecule has 1 heteroatoms. The third-order valence-electron chi connectivity index (χ3n) is 1.15. The molecule has 7 heavy (non-hydrogen) atoms. The molecule has 0 N–H and O–H groups in total. The van der Waals surface area contributed by atoms with E-state index in [1.165, 1.54) is 0 Å². The predicted molar refractivity (Wildman–Crippen MR) is 28.1 cm³/mol. The van der Waals surface area contributed by atoms with Crippen LogP contribution in [0.4, 0.5) is 0 Å². The Kier molecular flexibility index (Phi) is 0.857. The monoisotopic (exact) mass is 100 g/mol. The highest BCUT2D eigenvalue weighted by molar-refractivity contribution is 5.78. The van der Waals surface area contributed by atoms with Crippen molar-refractivity contribution in [3.8, 4) is 0 Å². The van der Waals surface area contributed by atoms with Gasteiger partial charge in [0, 0.05) is 15.5 Å².